The Morgan fingerprint density at radius 2 is 2.31 bits per heavy atom. The minimum absolute atomic E-state index is 0.460. The average Bonchev–Trinajstić information content (AvgIpc) is 2.90. The lowest BCUT2D eigenvalue weighted by molar-refractivity contribution is 0.00211. The summed E-state index contributed by atoms with van der Waals surface area (Å²) in [5, 5.41) is 20.4. The minimum atomic E-state index is -0.573. The normalized spacial score (nSPS) is 21.1. The van der Waals surface area contributed by atoms with Crippen LogP contribution in [0.25, 0.3) is 0 Å². The Balaban J connectivity index is 1.75. The van der Waals surface area contributed by atoms with E-state index in [1.807, 2.05) is 13.0 Å². The minimum Gasteiger partial charge on any atom is -0.389 e. The molecule has 1 unspecified atom stereocenters. The molecule has 0 amide bonds. The predicted octanol–water partition coefficient (Wildman–Crippen LogP) is 1.44. The van der Waals surface area contributed by atoms with Gasteiger partial charge in [0.2, 0.25) is 0 Å². The first kappa shape index (κ1) is 11.6. The molecule has 1 fully saturated rings. The lowest BCUT2D eigenvalue weighted by atomic mass is 9.88. The van der Waals surface area contributed by atoms with E-state index < -0.39 is 5.60 Å². The molecule has 4 heteroatoms. The lowest BCUT2D eigenvalue weighted by Crippen LogP contribution is -2.43. The van der Waals surface area contributed by atoms with Gasteiger partial charge in [-0.3, -0.25) is 5.10 Å². The third kappa shape index (κ3) is 2.83. The zero-order valence-electron chi connectivity index (χ0n) is 9.87. The van der Waals surface area contributed by atoms with Gasteiger partial charge in [0.15, 0.2) is 0 Å². The molecule has 0 bridgehead atoms. The van der Waals surface area contributed by atoms with Crippen LogP contribution in [-0.2, 0) is 6.54 Å². The maximum atomic E-state index is 10.4. The molecule has 16 heavy (non-hydrogen) atoms. The topological polar surface area (TPSA) is 60.9 Å². The molecule has 1 aliphatic rings. The van der Waals surface area contributed by atoms with Crippen LogP contribution in [0.15, 0.2) is 12.3 Å². The second-order valence-corrected chi connectivity index (χ2v) is 5.02. The summed E-state index contributed by atoms with van der Waals surface area (Å²) in [6.07, 6.45) is 6.60. The van der Waals surface area contributed by atoms with Gasteiger partial charge in [-0.25, -0.2) is 0 Å². The largest absolute Gasteiger partial charge is 0.389 e. The summed E-state index contributed by atoms with van der Waals surface area (Å²) in [5.74, 6) is 0.460. The first-order valence-electron chi connectivity index (χ1n) is 6.10. The fraction of sp³-hybridized carbons (Fsp3) is 0.750. The quantitative estimate of drug-likeness (QED) is 0.708. The van der Waals surface area contributed by atoms with Gasteiger partial charge >= 0.3 is 0 Å². The van der Waals surface area contributed by atoms with Crippen molar-refractivity contribution < 1.29 is 5.11 Å². The summed E-state index contributed by atoms with van der Waals surface area (Å²) in [6.45, 7) is 3.34. The van der Waals surface area contributed by atoms with Crippen LogP contribution in [0.5, 0.6) is 0 Å². The molecular formula is C12H21N3O. The molecule has 2 rings (SSSR count). The molecular weight excluding hydrogens is 202 g/mol. The number of nitrogens with zero attached hydrogens (tertiary/aromatic N) is 1. The lowest BCUT2D eigenvalue weighted by Gasteiger charge is -2.30. The maximum absolute atomic E-state index is 10.4. The van der Waals surface area contributed by atoms with Crippen LogP contribution in [0, 0.1) is 5.92 Å². The molecule has 1 aromatic heterocycles. The van der Waals surface area contributed by atoms with Crippen molar-refractivity contribution in [1.82, 2.24) is 15.5 Å². The number of nitrogens with one attached hydrogen (secondary N) is 2. The summed E-state index contributed by atoms with van der Waals surface area (Å²) in [7, 11) is 0. The van der Waals surface area contributed by atoms with Crippen LogP contribution >= 0.6 is 0 Å². The first-order chi connectivity index (χ1) is 7.68. The molecule has 1 atom stereocenters. The van der Waals surface area contributed by atoms with E-state index in [-0.39, 0.29) is 0 Å². The fourth-order valence-electron chi connectivity index (χ4n) is 2.53. The molecule has 0 radical (unpaired) electrons. The smallest absolute Gasteiger partial charge is 0.0771 e. The fourth-order valence-corrected chi connectivity index (χ4v) is 2.53. The molecule has 0 aromatic carbocycles. The van der Waals surface area contributed by atoms with E-state index >= 15 is 0 Å². The van der Waals surface area contributed by atoms with Crippen molar-refractivity contribution in [2.24, 2.45) is 5.92 Å². The third-order valence-corrected chi connectivity index (χ3v) is 3.59. The maximum Gasteiger partial charge on any atom is 0.0771 e. The van der Waals surface area contributed by atoms with Crippen LogP contribution in [0.2, 0.25) is 0 Å². The Bertz CT molecular complexity index is 302. The number of rotatable bonds is 5. The van der Waals surface area contributed by atoms with Gasteiger partial charge < -0.3 is 10.4 Å². The van der Waals surface area contributed by atoms with Crippen molar-refractivity contribution in [3.05, 3.63) is 18.0 Å². The van der Waals surface area contributed by atoms with Crippen molar-refractivity contribution in [3.63, 3.8) is 0 Å². The number of aromatic nitrogens is 2. The zero-order chi connectivity index (χ0) is 11.4. The molecule has 4 nitrogen and oxygen atoms in total. The summed E-state index contributed by atoms with van der Waals surface area (Å²) < 4.78 is 0. The highest BCUT2D eigenvalue weighted by atomic mass is 16.3. The molecule has 3 N–H and O–H groups in total. The van der Waals surface area contributed by atoms with Crippen LogP contribution in [0.4, 0.5) is 0 Å². The molecule has 0 spiro atoms. The summed E-state index contributed by atoms with van der Waals surface area (Å²) in [4.78, 5) is 0. The molecule has 0 saturated heterocycles. The molecule has 1 aromatic rings. The molecule has 90 valence electrons. The van der Waals surface area contributed by atoms with Gasteiger partial charge in [0.25, 0.3) is 0 Å². The van der Waals surface area contributed by atoms with Crippen molar-refractivity contribution in [3.8, 4) is 0 Å². The Morgan fingerprint density at radius 1 is 1.56 bits per heavy atom. The van der Waals surface area contributed by atoms with Crippen molar-refractivity contribution in [2.75, 3.05) is 6.54 Å². The Hall–Kier alpha value is -0.870. The predicted molar refractivity (Wildman–Crippen MR) is 62.9 cm³/mol. The molecule has 1 heterocycles. The number of H-pyrrole nitrogens is 1. The van der Waals surface area contributed by atoms with Crippen LogP contribution in [-0.4, -0.2) is 27.4 Å². The van der Waals surface area contributed by atoms with E-state index in [1.54, 1.807) is 6.20 Å². The summed E-state index contributed by atoms with van der Waals surface area (Å²) in [6, 6.07) is 1.94. The van der Waals surface area contributed by atoms with E-state index in [9.17, 15) is 5.11 Å². The second-order valence-electron chi connectivity index (χ2n) is 5.02. The van der Waals surface area contributed by atoms with Gasteiger partial charge in [-0.15, -0.1) is 0 Å². The van der Waals surface area contributed by atoms with E-state index in [0.29, 0.717) is 12.5 Å². The number of hydrogen-bond donors (Lipinski definition) is 3. The van der Waals surface area contributed by atoms with Gasteiger partial charge in [-0.1, -0.05) is 12.8 Å². The van der Waals surface area contributed by atoms with Crippen molar-refractivity contribution >= 4 is 0 Å². The van der Waals surface area contributed by atoms with Crippen LogP contribution in [0.3, 0.4) is 0 Å². The highest BCUT2D eigenvalue weighted by Crippen LogP contribution is 2.33. The van der Waals surface area contributed by atoms with E-state index in [0.717, 1.165) is 12.2 Å². The number of hydrogen-bond acceptors (Lipinski definition) is 3. The van der Waals surface area contributed by atoms with E-state index in [4.69, 9.17) is 0 Å². The highest BCUT2D eigenvalue weighted by molar-refractivity contribution is 4.97. The van der Waals surface area contributed by atoms with Crippen molar-refractivity contribution in [2.45, 2.75) is 44.8 Å². The Kier molecular flexibility index (Phi) is 3.61. The van der Waals surface area contributed by atoms with Gasteiger partial charge in [-0.2, -0.15) is 5.10 Å². The SMILES string of the molecule is CC(O)(CNCc1ccn[nH]1)C1CCCC1. The molecule has 1 saturated carbocycles. The van der Waals surface area contributed by atoms with Crippen molar-refractivity contribution in [1.29, 1.82) is 0 Å². The second kappa shape index (κ2) is 4.97. The highest BCUT2D eigenvalue weighted by Gasteiger charge is 2.33. The van der Waals surface area contributed by atoms with E-state index in [2.05, 4.69) is 15.5 Å². The third-order valence-electron chi connectivity index (χ3n) is 3.59. The van der Waals surface area contributed by atoms with Gasteiger partial charge in [0.1, 0.15) is 0 Å². The van der Waals surface area contributed by atoms with Gasteiger partial charge in [0.05, 0.1) is 5.60 Å². The molecule has 1 aliphatic carbocycles. The zero-order valence-corrected chi connectivity index (χ0v) is 9.87. The first-order valence-corrected chi connectivity index (χ1v) is 6.10. The Labute approximate surface area is 96.5 Å². The van der Waals surface area contributed by atoms with Gasteiger partial charge in [-0.05, 0) is 31.7 Å². The molecule has 0 aliphatic heterocycles. The van der Waals surface area contributed by atoms with Crippen LogP contribution < -0.4 is 5.32 Å². The Morgan fingerprint density at radius 3 is 2.94 bits per heavy atom. The van der Waals surface area contributed by atoms with E-state index in [1.165, 1.54) is 25.7 Å². The van der Waals surface area contributed by atoms with Crippen LogP contribution in [0.1, 0.15) is 38.3 Å². The standard InChI is InChI=1S/C12H21N3O/c1-12(16,10-4-2-3-5-10)9-13-8-11-6-7-14-15-11/h6-7,10,13,16H,2-5,8-9H2,1H3,(H,14,15). The number of aromatic amines is 1. The monoisotopic (exact) mass is 223 g/mol. The van der Waals surface area contributed by atoms with Gasteiger partial charge in [0, 0.05) is 25.0 Å². The number of aliphatic hydroxyl groups is 1. The summed E-state index contributed by atoms with van der Waals surface area (Å²) >= 11 is 0. The average molecular weight is 223 g/mol. The summed E-state index contributed by atoms with van der Waals surface area (Å²) in [5.41, 5.74) is 0.485.